The smallest absolute Gasteiger partial charge is 0.320 e. The Hall–Kier alpha value is -1.65. The summed E-state index contributed by atoms with van der Waals surface area (Å²) in [5.41, 5.74) is 0.518. The molecule has 0 saturated carbocycles. The third-order valence-corrected chi connectivity index (χ3v) is 3.51. The van der Waals surface area contributed by atoms with Crippen molar-refractivity contribution >= 4 is 11.8 Å². The summed E-state index contributed by atoms with van der Waals surface area (Å²) in [5, 5.41) is 0. The molecule has 1 fully saturated rings. The predicted molar refractivity (Wildman–Crippen MR) is 68.2 cm³/mol. The number of anilines is 1. The minimum atomic E-state index is -0.436. The normalized spacial score (nSPS) is 18.6. The average Bonchev–Trinajstić information content (AvgIpc) is 2.53. The zero-order valence-electron chi connectivity index (χ0n) is 11.2. The van der Waals surface area contributed by atoms with E-state index in [1.54, 1.807) is 18.1 Å². The van der Waals surface area contributed by atoms with Gasteiger partial charge in [-0.1, -0.05) is 6.92 Å². The van der Waals surface area contributed by atoms with Crippen LogP contribution in [0.5, 0.6) is 0 Å². The molecule has 0 atom stereocenters. The molecule has 1 saturated heterocycles. The van der Waals surface area contributed by atoms with Crippen LogP contribution in [0, 0.1) is 5.82 Å². The van der Waals surface area contributed by atoms with Gasteiger partial charge in [0, 0.05) is 13.2 Å². The molecule has 1 aromatic rings. The van der Waals surface area contributed by atoms with Crippen LogP contribution >= 0.6 is 0 Å². The Morgan fingerprint density at radius 1 is 1.50 bits per heavy atom. The lowest BCUT2D eigenvalue weighted by Crippen LogP contribution is -2.38. The molecule has 0 bridgehead atoms. The van der Waals surface area contributed by atoms with E-state index in [0.29, 0.717) is 6.54 Å². The molecule has 2 rings (SSSR count). The van der Waals surface area contributed by atoms with Crippen LogP contribution in [0.3, 0.4) is 0 Å². The van der Waals surface area contributed by atoms with Crippen molar-refractivity contribution in [3.05, 3.63) is 23.6 Å². The van der Waals surface area contributed by atoms with E-state index in [1.165, 1.54) is 11.0 Å². The summed E-state index contributed by atoms with van der Waals surface area (Å²) >= 11 is 0. The van der Waals surface area contributed by atoms with Crippen LogP contribution < -0.4 is 4.90 Å². The maximum absolute atomic E-state index is 14.0. The van der Waals surface area contributed by atoms with Crippen molar-refractivity contribution in [2.45, 2.75) is 32.7 Å². The summed E-state index contributed by atoms with van der Waals surface area (Å²) in [4.78, 5) is 19.2. The SMILES string of the molecule is CCc1cnc(N2CC(C)(C)N(C)C2=O)c(F)c1. The topological polar surface area (TPSA) is 36.4 Å². The van der Waals surface area contributed by atoms with E-state index >= 15 is 0 Å². The van der Waals surface area contributed by atoms with Gasteiger partial charge in [0.1, 0.15) is 0 Å². The first-order valence-electron chi connectivity index (χ1n) is 6.06. The van der Waals surface area contributed by atoms with Crippen LogP contribution in [0.25, 0.3) is 0 Å². The molecule has 0 aliphatic carbocycles. The van der Waals surface area contributed by atoms with Gasteiger partial charge in [-0.15, -0.1) is 0 Å². The molecule has 98 valence electrons. The van der Waals surface area contributed by atoms with Gasteiger partial charge in [-0.05, 0) is 31.9 Å². The number of nitrogens with zero attached hydrogens (tertiary/aromatic N) is 3. The molecular formula is C13H18FN3O. The van der Waals surface area contributed by atoms with Crippen LogP contribution in [0.2, 0.25) is 0 Å². The number of pyridine rings is 1. The molecule has 1 aromatic heterocycles. The molecule has 2 amide bonds. The standard InChI is InChI=1S/C13H18FN3O/c1-5-9-6-10(14)11(15-7-9)17-8-13(2,3)16(4)12(17)18/h6-7H,5,8H2,1-4H3. The Kier molecular flexibility index (Phi) is 3.00. The van der Waals surface area contributed by atoms with Crippen molar-refractivity contribution in [1.29, 1.82) is 0 Å². The van der Waals surface area contributed by atoms with Gasteiger partial charge in [-0.3, -0.25) is 4.90 Å². The number of carbonyl (C=O) groups is 1. The van der Waals surface area contributed by atoms with Crippen molar-refractivity contribution in [3.63, 3.8) is 0 Å². The lowest BCUT2D eigenvalue weighted by atomic mass is 10.1. The Labute approximate surface area is 106 Å². The first-order valence-corrected chi connectivity index (χ1v) is 6.06. The molecule has 1 aliphatic heterocycles. The highest BCUT2D eigenvalue weighted by atomic mass is 19.1. The third-order valence-electron chi connectivity index (χ3n) is 3.51. The summed E-state index contributed by atoms with van der Waals surface area (Å²) in [7, 11) is 1.72. The number of hydrogen-bond donors (Lipinski definition) is 0. The predicted octanol–water partition coefficient (Wildman–Crippen LogP) is 2.43. The summed E-state index contributed by atoms with van der Waals surface area (Å²) in [6, 6.07) is 1.23. The second kappa shape index (κ2) is 4.23. The highest BCUT2D eigenvalue weighted by molar-refractivity contribution is 5.94. The summed E-state index contributed by atoms with van der Waals surface area (Å²) in [5.74, 6) is -0.316. The summed E-state index contributed by atoms with van der Waals surface area (Å²) < 4.78 is 14.0. The minimum absolute atomic E-state index is 0.120. The monoisotopic (exact) mass is 251 g/mol. The van der Waals surface area contributed by atoms with Crippen LogP contribution in [0.4, 0.5) is 15.0 Å². The van der Waals surface area contributed by atoms with E-state index in [1.807, 2.05) is 20.8 Å². The van der Waals surface area contributed by atoms with Crippen LogP contribution in [-0.4, -0.2) is 35.0 Å². The number of rotatable bonds is 2. The van der Waals surface area contributed by atoms with E-state index in [4.69, 9.17) is 0 Å². The van der Waals surface area contributed by atoms with Crippen molar-refractivity contribution in [2.75, 3.05) is 18.5 Å². The lowest BCUT2D eigenvalue weighted by molar-refractivity contribution is 0.198. The number of halogens is 1. The van der Waals surface area contributed by atoms with Gasteiger partial charge >= 0.3 is 6.03 Å². The fourth-order valence-corrected chi connectivity index (χ4v) is 2.03. The van der Waals surface area contributed by atoms with Crippen LogP contribution in [0.1, 0.15) is 26.3 Å². The van der Waals surface area contributed by atoms with Gasteiger partial charge in [0.25, 0.3) is 0 Å². The first kappa shape index (κ1) is 12.8. The molecule has 0 radical (unpaired) electrons. The minimum Gasteiger partial charge on any atom is -0.320 e. The van der Waals surface area contributed by atoms with E-state index in [9.17, 15) is 9.18 Å². The number of aryl methyl sites for hydroxylation is 1. The molecule has 0 aromatic carbocycles. The van der Waals surface area contributed by atoms with Gasteiger partial charge < -0.3 is 4.90 Å². The maximum atomic E-state index is 14.0. The molecule has 5 heteroatoms. The Morgan fingerprint density at radius 2 is 2.17 bits per heavy atom. The fraction of sp³-hybridized carbons (Fsp3) is 0.538. The second-order valence-electron chi connectivity index (χ2n) is 5.24. The van der Waals surface area contributed by atoms with Crippen LogP contribution in [-0.2, 0) is 6.42 Å². The number of carbonyl (C=O) groups excluding carboxylic acids is 1. The van der Waals surface area contributed by atoms with Gasteiger partial charge in [0.05, 0.1) is 12.1 Å². The number of hydrogen-bond acceptors (Lipinski definition) is 2. The molecular weight excluding hydrogens is 233 g/mol. The number of aromatic nitrogens is 1. The van der Waals surface area contributed by atoms with E-state index < -0.39 is 5.82 Å². The molecule has 0 spiro atoms. The maximum Gasteiger partial charge on any atom is 0.326 e. The van der Waals surface area contributed by atoms with Crippen molar-refractivity contribution in [2.24, 2.45) is 0 Å². The zero-order chi connectivity index (χ0) is 13.5. The van der Waals surface area contributed by atoms with E-state index in [2.05, 4.69) is 4.98 Å². The van der Waals surface area contributed by atoms with Gasteiger partial charge in [-0.2, -0.15) is 0 Å². The molecule has 18 heavy (non-hydrogen) atoms. The molecule has 0 unspecified atom stereocenters. The molecule has 4 nitrogen and oxygen atoms in total. The summed E-state index contributed by atoms with van der Waals surface area (Å²) in [6.07, 6.45) is 2.35. The van der Waals surface area contributed by atoms with Crippen molar-refractivity contribution in [1.82, 2.24) is 9.88 Å². The van der Waals surface area contributed by atoms with Crippen LogP contribution in [0.15, 0.2) is 12.3 Å². The quantitative estimate of drug-likeness (QED) is 0.809. The summed E-state index contributed by atoms with van der Waals surface area (Å²) in [6.45, 7) is 6.28. The molecule has 0 N–H and O–H groups in total. The Balaban J connectivity index is 2.36. The zero-order valence-corrected chi connectivity index (χ0v) is 11.2. The number of urea groups is 1. The van der Waals surface area contributed by atoms with E-state index in [0.717, 1.165) is 12.0 Å². The van der Waals surface area contributed by atoms with Gasteiger partial charge in [0.2, 0.25) is 0 Å². The highest BCUT2D eigenvalue weighted by Crippen LogP contribution is 2.29. The van der Waals surface area contributed by atoms with Crippen molar-refractivity contribution < 1.29 is 9.18 Å². The van der Waals surface area contributed by atoms with Gasteiger partial charge in [0.15, 0.2) is 11.6 Å². The first-order chi connectivity index (χ1) is 8.36. The van der Waals surface area contributed by atoms with Crippen molar-refractivity contribution in [3.8, 4) is 0 Å². The lowest BCUT2D eigenvalue weighted by Gasteiger charge is -2.24. The largest absolute Gasteiger partial charge is 0.326 e. The van der Waals surface area contributed by atoms with E-state index in [-0.39, 0.29) is 17.4 Å². The average molecular weight is 251 g/mol. The Bertz CT molecular complexity index is 487. The molecule has 1 aliphatic rings. The Morgan fingerprint density at radius 3 is 2.61 bits per heavy atom. The third kappa shape index (κ3) is 1.94. The fourth-order valence-electron chi connectivity index (χ4n) is 2.03. The molecule has 2 heterocycles. The number of amides is 2. The van der Waals surface area contributed by atoms with Gasteiger partial charge in [-0.25, -0.2) is 14.2 Å². The number of likely N-dealkylation sites (N-methyl/N-ethyl adjacent to an activating group) is 1. The highest BCUT2D eigenvalue weighted by Gasteiger charge is 2.42. The second-order valence-corrected chi connectivity index (χ2v) is 5.24.